The lowest BCUT2D eigenvalue weighted by atomic mass is 9.90. The second kappa shape index (κ2) is 10.5. The molecule has 0 atom stereocenters. The lowest BCUT2D eigenvalue weighted by Crippen LogP contribution is -2.41. The van der Waals surface area contributed by atoms with E-state index in [9.17, 15) is 4.79 Å². The van der Waals surface area contributed by atoms with E-state index in [4.69, 9.17) is 5.73 Å². The molecule has 0 unspecified atom stereocenters. The molecule has 3 rings (SSSR count). The van der Waals surface area contributed by atoms with Gasteiger partial charge in [0.05, 0.1) is 0 Å². The third kappa shape index (κ3) is 6.41. The molecule has 0 aromatic heterocycles. The van der Waals surface area contributed by atoms with Gasteiger partial charge in [-0.15, -0.1) is 0 Å². The summed E-state index contributed by atoms with van der Waals surface area (Å²) in [6, 6.07) is 20.8. The largest absolute Gasteiger partial charge is 0.370 e. The third-order valence-electron chi connectivity index (χ3n) is 5.28. The SMILES string of the molecule is NC(=NCC(=O)N1CCC(Cc2ccccc2)CC1)NCCc1ccccc1. The molecule has 0 spiro atoms. The average molecular weight is 379 g/mol. The Kier molecular flexibility index (Phi) is 7.47. The fourth-order valence-corrected chi connectivity index (χ4v) is 3.62. The zero-order chi connectivity index (χ0) is 19.6. The van der Waals surface area contributed by atoms with Crippen molar-refractivity contribution in [3.8, 4) is 0 Å². The molecule has 0 saturated carbocycles. The number of likely N-dealkylation sites (tertiary alicyclic amines) is 1. The second-order valence-corrected chi connectivity index (χ2v) is 7.38. The van der Waals surface area contributed by atoms with Crippen LogP contribution < -0.4 is 11.1 Å². The molecule has 2 aromatic rings. The van der Waals surface area contributed by atoms with Crippen LogP contribution in [0.1, 0.15) is 24.0 Å². The highest BCUT2D eigenvalue weighted by Gasteiger charge is 2.22. The van der Waals surface area contributed by atoms with E-state index >= 15 is 0 Å². The zero-order valence-corrected chi connectivity index (χ0v) is 16.4. The molecule has 1 aliphatic rings. The molecule has 5 heteroatoms. The smallest absolute Gasteiger partial charge is 0.244 e. The van der Waals surface area contributed by atoms with Gasteiger partial charge in [-0.05, 0) is 42.7 Å². The van der Waals surface area contributed by atoms with Crippen LogP contribution in [0.3, 0.4) is 0 Å². The van der Waals surface area contributed by atoms with Crippen LogP contribution in [0.5, 0.6) is 0 Å². The van der Waals surface area contributed by atoms with E-state index in [0.29, 0.717) is 18.4 Å². The quantitative estimate of drug-likeness (QED) is 0.575. The summed E-state index contributed by atoms with van der Waals surface area (Å²) >= 11 is 0. The van der Waals surface area contributed by atoms with E-state index in [0.717, 1.165) is 38.8 Å². The molecule has 148 valence electrons. The number of aliphatic imine (C=N–C) groups is 1. The molecule has 28 heavy (non-hydrogen) atoms. The summed E-state index contributed by atoms with van der Waals surface area (Å²) in [5, 5.41) is 3.08. The first-order valence-corrected chi connectivity index (χ1v) is 10.1. The summed E-state index contributed by atoms with van der Waals surface area (Å²) in [6.07, 6.45) is 4.07. The lowest BCUT2D eigenvalue weighted by molar-refractivity contribution is -0.130. The van der Waals surface area contributed by atoms with Crippen molar-refractivity contribution in [1.82, 2.24) is 10.2 Å². The molecule has 1 fully saturated rings. The average Bonchev–Trinajstić information content (AvgIpc) is 2.74. The van der Waals surface area contributed by atoms with Gasteiger partial charge in [-0.3, -0.25) is 4.79 Å². The van der Waals surface area contributed by atoms with Crippen molar-refractivity contribution >= 4 is 11.9 Å². The lowest BCUT2D eigenvalue weighted by Gasteiger charge is -2.31. The zero-order valence-electron chi connectivity index (χ0n) is 16.4. The van der Waals surface area contributed by atoms with Crippen molar-refractivity contribution in [2.45, 2.75) is 25.7 Å². The number of nitrogens with zero attached hydrogens (tertiary/aromatic N) is 2. The number of carbonyl (C=O) groups is 1. The molecule has 0 bridgehead atoms. The van der Waals surface area contributed by atoms with Gasteiger partial charge in [-0.1, -0.05) is 60.7 Å². The third-order valence-corrected chi connectivity index (χ3v) is 5.28. The Labute approximate surface area is 167 Å². The molecule has 1 saturated heterocycles. The fourth-order valence-electron chi connectivity index (χ4n) is 3.62. The van der Waals surface area contributed by atoms with Crippen molar-refractivity contribution < 1.29 is 4.79 Å². The molecule has 1 heterocycles. The maximum absolute atomic E-state index is 12.4. The summed E-state index contributed by atoms with van der Waals surface area (Å²) in [6.45, 7) is 2.45. The van der Waals surface area contributed by atoms with Crippen molar-refractivity contribution in [3.05, 3.63) is 71.8 Å². The topological polar surface area (TPSA) is 70.7 Å². The van der Waals surface area contributed by atoms with Gasteiger partial charge in [-0.2, -0.15) is 0 Å². The van der Waals surface area contributed by atoms with Crippen LogP contribution in [-0.2, 0) is 17.6 Å². The van der Waals surface area contributed by atoms with Gasteiger partial charge < -0.3 is 16.0 Å². The van der Waals surface area contributed by atoms with Gasteiger partial charge in [-0.25, -0.2) is 4.99 Å². The first kappa shape index (κ1) is 19.9. The molecule has 1 aliphatic heterocycles. The number of hydrogen-bond donors (Lipinski definition) is 2. The number of piperidine rings is 1. The maximum atomic E-state index is 12.4. The van der Waals surface area contributed by atoms with Crippen molar-refractivity contribution in [3.63, 3.8) is 0 Å². The van der Waals surface area contributed by atoms with E-state index in [1.807, 2.05) is 29.2 Å². The Bertz CT molecular complexity index is 753. The number of benzene rings is 2. The summed E-state index contributed by atoms with van der Waals surface area (Å²) in [5.74, 6) is 1.05. The highest BCUT2D eigenvalue weighted by atomic mass is 16.2. The van der Waals surface area contributed by atoms with E-state index in [1.54, 1.807) is 0 Å². The van der Waals surface area contributed by atoms with Gasteiger partial charge in [0.25, 0.3) is 0 Å². The monoisotopic (exact) mass is 378 g/mol. The molecule has 3 N–H and O–H groups in total. The first-order chi connectivity index (χ1) is 13.7. The normalized spacial score (nSPS) is 15.4. The number of hydrogen-bond acceptors (Lipinski definition) is 2. The summed E-state index contributed by atoms with van der Waals surface area (Å²) < 4.78 is 0. The van der Waals surface area contributed by atoms with Crippen LogP contribution in [0.4, 0.5) is 0 Å². The number of guanidine groups is 1. The Morgan fingerprint density at radius 1 is 1.00 bits per heavy atom. The minimum atomic E-state index is 0.0611. The molecule has 2 aromatic carbocycles. The van der Waals surface area contributed by atoms with Crippen LogP contribution in [0.25, 0.3) is 0 Å². The van der Waals surface area contributed by atoms with Gasteiger partial charge >= 0.3 is 0 Å². The summed E-state index contributed by atoms with van der Waals surface area (Å²) in [5.41, 5.74) is 8.52. The Balaban J connectivity index is 1.35. The van der Waals surface area contributed by atoms with Crippen LogP contribution in [-0.4, -0.2) is 42.9 Å². The minimum Gasteiger partial charge on any atom is -0.370 e. The van der Waals surface area contributed by atoms with Gasteiger partial charge in [0, 0.05) is 19.6 Å². The van der Waals surface area contributed by atoms with Crippen LogP contribution >= 0.6 is 0 Å². The molecule has 0 radical (unpaired) electrons. The van der Waals surface area contributed by atoms with Crippen molar-refractivity contribution in [1.29, 1.82) is 0 Å². The molecular formula is C23H30N4O. The fraction of sp³-hybridized carbons (Fsp3) is 0.391. The van der Waals surface area contributed by atoms with E-state index in [2.05, 4.69) is 46.7 Å². The van der Waals surface area contributed by atoms with E-state index in [-0.39, 0.29) is 12.5 Å². The molecule has 0 aliphatic carbocycles. The number of nitrogens with two attached hydrogens (primary N) is 1. The number of amides is 1. The number of rotatable bonds is 7. The molecule has 5 nitrogen and oxygen atoms in total. The second-order valence-electron chi connectivity index (χ2n) is 7.38. The van der Waals surface area contributed by atoms with Gasteiger partial charge in [0.2, 0.25) is 5.91 Å². The highest BCUT2D eigenvalue weighted by Crippen LogP contribution is 2.21. The standard InChI is InChI=1S/C23H30N4O/c24-23(25-14-11-19-7-3-1-4-8-19)26-18-22(28)27-15-12-21(13-16-27)17-20-9-5-2-6-10-20/h1-10,21H,11-18H2,(H3,24,25,26). The summed E-state index contributed by atoms with van der Waals surface area (Å²) in [7, 11) is 0. The predicted molar refractivity (Wildman–Crippen MR) is 114 cm³/mol. The number of nitrogens with one attached hydrogen (secondary N) is 1. The number of carbonyl (C=O) groups excluding carboxylic acids is 1. The van der Waals surface area contributed by atoms with E-state index in [1.165, 1.54) is 11.1 Å². The van der Waals surface area contributed by atoms with Crippen LogP contribution in [0.2, 0.25) is 0 Å². The van der Waals surface area contributed by atoms with Crippen molar-refractivity contribution in [2.24, 2.45) is 16.6 Å². The minimum absolute atomic E-state index is 0.0611. The van der Waals surface area contributed by atoms with E-state index < -0.39 is 0 Å². The van der Waals surface area contributed by atoms with Crippen LogP contribution in [0, 0.1) is 5.92 Å². The van der Waals surface area contributed by atoms with Crippen LogP contribution in [0.15, 0.2) is 65.7 Å². The maximum Gasteiger partial charge on any atom is 0.244 e. The Hall–Kier alpha value is -2.82. The first-order valence-electron chi connectivity index (χ1n) is 10.1. The molecule has 1 amide bonds. The Morgan fingerprint density at radius 2 is 1.61 bits per heavy atom. The Morgan fingerprint density at radius 3 is 2.25 bits per heavy atom. The van der Waals surface area contributed by atoms with Gasteiger partial charge in [0.15, 0.2) is 5.96 Å². The summed E-state index contributed by atoms with van der Waals surface area (Å²) in [4.78, 5) is 18.5. The molecular weight excluding hydrogens is 348 g/mol. The predicted octanol–water partition coefficient (Wildman–Crippen LogP) is 2.61. The highest BCUT2D eigenvalue weighted by molar-refractivity contribution is 5.84. The van der Waals surface area contributed by atoms with Gasteiger partial charge in [0.1, 0.15) is 6.54 Å². The van der Waals surface area contributed by atoms with Crippen molar-refractivity contribution in [2.75, 3.05) is 26.2 Å².